The quantitative estimate of drug-likeness (QED) is 0.890. The third kappa shape index (κ3) is 2.40. The van der Waals surface area contributed by atoms with Crippen LogP contribution in [-0.4, -0.2) is 34.9 Å². The lowest BCUT2D eigenvalue weighted by atomic mass is 10.1. The van der Waals surface area contributed by atoms with Gasteiger partial charge in [0.1, 0.15) is 0 Å². The monoisotopic (exact) mass is 245 g/mol. The van der Waals surface area contributed by atoms with Crippen molar-refractivity contribution in [1.29, 1.82) is 0 Å². The first-order chi connectivity index (χ1) is 8.59. The van der Waals surface area contributed by atoms with Crippen LogP contribution in [0, 0.1) is 6.92 Å². The van der Waals surface area contributed by atoms with E-state index in [1.54, 1.807) is 0 Å². The first kappa shape index (κ1) is 12.3. The number of hydrogen-bond acceptors (Lipinski definition) is 4. The van der Waals surface area contributed by atoms with Crippen molar-refractivity contribution in [3.63, 3.8) is 0 Å². The Balaban J connectivity index is 2.39. The number of carboxylic acid groups (broad SMARTS) is 1. The molecule has 5 heteroatoms. The minimum atomic E-state index is -0.814. The molecule has 0 aliphatic heterocycles. The number of nitrogens with zero attached hydrogens (tertiary/aromatic N) is 3. The van der Waals surface area contributed by atoms with Gasteiger partial charge in [-0.3, -0.25) is 4.79 Å². The van der Waals surface area contributed by atoms with Crippen LogP contribution in [0.15, 0.2) is 24.3 Å². The van der Waals surface area contributed by atoms with Gasteiger partial charge < -0.3 is 10.0 Å². The van der Waals surface area contributed by atoms with Crippen LogP contribution in [0.25, 0.3) is 10.8 Å². The maximum absolute atomic E-state index is 10.6. The van der Waals surface area contributed by atoms with E-state index in [1.165, 1.54) is 0 Å². The molecule has 2 aromatic rings. The summed E-state index contributed by atoms with van der Waals surface area (Å²) in [5.41, 5.74) is 0.876. The second-order valence-electron chi connectivity index (χ2n) is 4.22. The van der Waals surface area contributed by atoms with Crippen molar-refractivity contribution >= 4 is 22.6 Å². The minimum absolute atomic E-state index is 0.0837. The van der Waals surface area contributed by atoms with E-state index in [9.17, 15) is 4.79 Å². The highest BCUT2D eigenvalue weighted by Gasteiger charge is 2.11. The lowest BCUT2D eigenvalue weighted by Crippen LogP contribution is -2.22. The second kappa shape index (κ2) is 5.00. The van der Waals surface area contributed by atoms with Gasteiger partial charge in [-0.25, -0.2) is 0 Å². The molecule has 18 heavy (non-hydrogen) atoms. The van der Waals surface area contributed by atoms with Gasteiger partial charge in [0.25, 0.3) is 0 Å². The van der Waals surface area contributed by atoms with Gasteiger partial charge in [-0.15, -0.1) is 5.10 Å². The van der Waals surface area contributed by atoms with Gasteiger partial charge in [0.05, 0.1) is 12.1 Å². The molecule has 0 radical (unpaired) electrons. The number of fused-ring (bicyclic) bond motifs is 1. The predicted molar refractivity (Wildman–Crippen MR) is 69.8 cm³/mol. The third-order valence-electron chi connectivity index (χ3n) is 2.88. The molecule has 0 aliphatic rings. The zero-order chi connectivity index (χ0) is 13.1. The van der Waals surface area contributed by atoms with E-state index in [1.807, 2.05) is 43.1 Å². The smallest absolute Gasteiger partial charge is 0.305 e. The molecule has 0 aliphatic carbocycles. The largest absolute Gasteiger partial charge is 0.481 e. The highest BCUT2D eigenvalue weighted by Crippen LogP contribution is 2.24. The van der Waals surface area contributed by atoms with Gasteiger partial charge in [-0.05, 0) is 6.92 Å². The van der Waals surface area contributed by atoms with Crippen molar-refractivity contribution in [3.05, 3.63) is 30.0 Å². The van der Waals surface area contributed by atoms with Crippen LogP contribution in [0.5, 0.6) is 0 Å². The Labute approximate surface area is 105 Å². The average Bonchev–Trinajstić information content (AvgIpc) is 2.37. The Morgan fingerprint density at radius 1 is 1.28 bits per heavy atom. The molecule has 1 heterocycles. The first-order valence-corrected chi connectivity index (χ1v) is 5.74. The predicted octanol–water partition coefficient (Wildman–Crippen LogP) is 1.85. The number of benzene rings is 1. The fraction of sp³-hybridized carbons (Fsp3) is 0.308. The van der Waals surface area contributed by atoms with Crippen molar-refractivity contribution < 1.29 is 9.90 Å². The zero-order valence-electron chi connectivity index (χ0n) is 10.4. The van der Waals surface area contributed by atoms with Crippen LogP contribution in [0.1, 0.15) is 12.1 Å². The van der Waals surface area contributed by atoms with E-state index in [2.05, 4.69) is 10.2 Å². The molecule has 0 spiro atoms. The molecule has 0 saturated carbocycles. The highest BCUT2D eigenvalue weighted by atomic mass is 16.4. The van der Waals surface area contributed by atoms with E-state index >= 15 is 0 Å². The molecule has 0 bridgehead atoms. The Bertz CT molecular complexity index is 583. The number of carbonyl (C=O) groups is 1. The summed E-state index contributed by atoms with van der Waals surface area (Å²) in [6.45, 7) is 2.33. The lowest BCUT2D eigenvalue weighted by Gasteiger charge is -2.18. The normalized spacial score (nSPS) is 10.6. The SMILES string of the molecule is Cc1nnc(N(C)CCC(=O)O)c2ccccc12. The fourth-order valence-corrected chi connectivity index (χ4v) is 1.87. The summed E-state index contributed by atoms with van der Waals surface area (Å²) in [4.78, 5) is 12.4. The summed E-state index contributed by atoms with van der Waals surface area (Å²) in [5.74, 6) is -0.0938. The maximum atomic E-state index is 10.6. The maximum Gasteiger partial charge on any atom is 0.305 e. The van der Waals surface area contributed by atoms with Crippen LogP contribution in [-0.2, 0) is 4.79 Å². The Morgan fingerprint density at radius 3 is 2.61 bits per heavy atom. The molecule has 2 rings (SSSR count). The number of anilines is 1. The Morgan fingerprint density at radius 2 is 1.94 bits per heavy atom. The number of aryl methyl sites for hydroxylation is 1. The van der Waals surface area contributed by atoms with Crippen molar-refractivity contribution in [2.75, 3.05) is 18.5 Å². The van der Waals surface area contributed by atoms with Crippen molar-refractivity contribution in [2.24, 2.45) is 0 Å². The number of rotatable bonds is 4. The molecule has 5 nitrogen and oxygen atoms in total. The molecule has 1 aromatic carbocycles. The number of carboxylic acids is 1. The molecular formula is C13H15N3O2. The van der Waals surface area contributed by atoms with Crippen LogP contribution in [0.4, 0.5) is 5.82 Å². The Hall–Kier alpha value is -2.17. The molecule has 1 N–H and O–H groups in total. The van der Waals surface area contributed by atoms with Gasteiger partial charge in [0.2, 0.25) is 0 Å². The molecule has 1 aromatic heterocycles. The standard InChI is InChI=1S/C13H15N3O2/c1-9-10-5-3-4-6-11(10)13(15-14-9)16(2)8-7-12(17)18/h3-6H,7-8H2,1-2H3,(H,17,18). The molecule has 0 atom stereocenters. The number of aliphatic carboxylic acids is 1. The van der Waals surface area contributed by atoms with E-state index in [4.69, 9.17) is 5.11 Å². The van der Waals surface area contributed by atoms with E-state index < -0.39 is 5.97 Å². The zero-order valence-corrected chi connectivity index (χ0v) is 10.4. The lowest BCUT2D eigenvalue weighted by molar-refractivity contribution is -0.136. The molecule has 0 amide bonds. The molecule has 94 valence electrons. The summed E-state index contributed by atoms with van der Waals surface area (Å²) in [6.07, 6.45) is 0.0837. The molecule has 0 fully saturated rings. The van der Waals surface area contributed by atoms with Gasteiger partial charge in [-0.2, -0.15) is 5.10 Å². The molecular weight excluding hydrogens is 230 g/mol. The topological polar surface area (TPSA) is 66.3 Å². The highest BCUT2D eigenvalue weighted by molar-refractivity contribution is 5.93. The molecule has 0 unspecified atom stereocenters. The van der Waals surface area contributed by atoms with Gasteiger partial charge in [-0.1, -0.05) is 24.3 Å². The second-order valence-corrected chi connectivity index (χ2v) is 4.22. The summed E-state index contributed by atoms with van der Waals surface area (Å²) < 4.78 is 0. The molecule has 0 saturated heterocycles. The van der Waals surface area contributed by atoms with E-state index in [0.717, 1.165) is 22.3 Å². The van der Waals surface area contributed by atoms with Gasteiger partial charge in [0, 0.05) is 24.4 Å². The summed E-state index contributed by atoms with van der Waals surface area (Å²) in [6, 6.07) is 7.87. The van der Waals surface area contributed by atoms with Crippen molar-refractivity contribution in [1.82, 2.24) is 10.2 Å². The van der Waals surface area contributed by atoms with Gasteiger partial charge >= 0.3 is 5.97 Å². The third-order valence-corrected chi connectivity index (χ3v) is 2.88. The van der Waals surface area contributed by atoms with E-state index in [-0.39, 0.29) is 6.42 Å². The summed E-state index contributed by atoms with van der Waals surface area (Å²) in [5, 5.41) is 19.0. The summed E-state index contributed by atoms with van der Waals surface area (Å²) >= 11 is 0. The fourth-order valence-electron chi connectivity index (χ4n) is 1.87. The van der Waals surface area contributed by atoms with Crippen LogP contribution in [0.2, 0.25) is 0 Å². The van der Waals surface area contributed by atoms with E-state index in [0.29, 0.717) is 6.54 Å². The van der Waals surface area contributed by atoms with Crippen LogP contribution >= 0.6 is 0 Å². The Kier molecular flexibility index (Phi) is 3.41. The number of aromatic nitrogens is 2. The van der Waals surface area contributed by atoms with Crippen molar-refractivity contribution in [2.45, 2.75) is 13.3 Å². The van der Waals surface area contributed by atoms with Crippen LogP contribution in [0.3, 0.4) is 0 Å². The van der Waals surface area contributed by atoms with Crippen LogP contribution < -0.4 is 4.90 Å². The van der Waals surface area contributed by atoms with Gasteiger partial charge in [0.15, 0.2) is 5.82 Å². The average molecular weight is 245 g/mol. The first-order valence-electron chi connectivity index (χ1n) is 5.74. The minimum Gasteiger partial charge on any atom is -0.481 e. The summed E-state index contributed by atoms with van der Waals surface area (Å²) in [7, 11) is 1.83. The van der Waals surface area contributed by atoms with Crippen molar-refractivity contribution in [3.8, 4) is 0 Å². The number of hydrogen-bond donors (Lipinski definition) is 1.